The minimum Gasteiger partial charge on any atom is -1.00 e. The molecule has 3 heterocycles. The molecule has 0 fully saturated rings. The SMILES string of the molecule is COc1cc2c(cc1O)N=C[C@@H]1Cc3ccccc3C1C2=O.COc1cc2c(cc1OCCCI)N=C[C@@H]1Cc3ccccc3N1C2=O.ICCCI.O=CO[O-].[H-].[K+].[K+]. The van der Waals surface area contributed by atoms with E-state index in [9.17, 15) is 14.7 Å². The van der Waals surface area contributed by atoms with Crippen LogP contribution in [0.3, 0.4) is 0 Å². The second-order valence-electron chi connectivity index (χ2n) is 12.9. The second-order valence-corrected chi connectivity index (χ2v) is 16.2. The number of phenols is 1. The number of benzene rings is 4. The van der Waals surface area contributed by atoms with E-state index in [0.29, 0.717) is 46.4 Å². The molecule has 59 heavy (non-hydrogen) atoms. The van der Waals surface area contributed by atoms with Crippen LogP contribution in [0.5, 0.6) is 23.0 Å². The maximum atomic E-state index is 13.3. The molecule has 4 aromatic carbocycles. The first-order valence-corrected chi connectivity index (χ1v) is 22.6. The van der Waals surface area contributed by atoms with Crippen molar-refractivity contribution in [1.82, 2.24) is 0 Å². The van der Waals surface area contributed by atoms with Gasteiger partial charge in [-0.3, -0.25) is 29.3 Å². The first kappa shape index (κ1) is 52.8. The number of nitrogens with zero attached hydrogens (tertiary/aromatic N) is 3. The number of carbonyl (C=O) groups is 3. The number of methoxy groups -OCH3 is 2. The van der Waals surface area contributed by atoms with E-state index in [4.69, 9.17) is 24.3 Å². The molecule has 8 rings (SSSR count). The number of halogens is 3. The Kier molecular flexibility index (Phi) is 24.1. The number of aliphatic imine (C=N–C) groups is 2. The molecule has 3 aliphatic heterocycles. The zero-order chi connectivity index (χ0) is 40.9. The molecular formula is C42H42I3K2N3O9. The Morgan fingerprint density at radius 1 is 0.814 bits per heavy atom. The van der Waals surface area contributed by atoms with Gasteiger partial charge in [-0.1, -0.05) is 110 Å². The number of carbonyl (C=O) groups excluding carboxylic acids is 3. The fourth-order valence-electron chi connectivity index (χ4n) is 6.94. The first-order chi connectivity index (χ1) is 27.7. The Morgan fingerprint density at radius 3 is 2.07 bits per heavy atom. The van der Waals surface area contributed by atoms with E-state index in [2.05, 4.69) is 94.8 Å². The molecule has 0 saturated heterocycles. The Hall–Kier alpha value is -0.547. The van der Waals surface area contributed by atoms with Gasteiger partial charge in [0.1, 0.15) is 0 Å². The zero-order valence-corrected chi connectivity index (χ0v) is 46.0. The normalized spacial score (nSPS) is 16.8. The standard InChI is InChI=1S/C20H19IN2O3.C18H15NO3.C3H6I2.CH2O3.2K.H/c1-25-18-10-15-16(11-19(18)26-8-4-7-21)22-12-14-9-13-5-2-3-6-17(13)23(14)20(15)24;1-22-16-7-13-14(8-15(16)20)19-9-11-6-10-4-2-3-5-12(10)17(11)18(13)21;4-2-1-3-5;2-1-4-3;;;/h2-3,5-6,10-12,14H,4,7-9H2,1H3;2-5,7-9,11,17,20H,6H2,1H3;1-3H2;1,3H;;;/q;;;;2*+1;-1/p-1/t14-;11-,17?;;;;;/m00...../s1. The number of Topliss-reactive ketones (excluding diaryl/α,β-unsaturated/α-hetero) is 1. The van der Waals surface area contributed by atoms with Crippen LogP contribution in [0.4, 0.5) is 17.1 Å². The van der Waals surface area contributed by atoms with Gasteiger partial charge in [0, 0.05) is 61.4 Å². The average Bonchev–Trinajstić information content (AvgIpc) is 3.73. The number of amides is 1. The third kappa shape index (κ3) is 13.3. The quantitative estimate of drug-likeness (QED) is 0.0505. The molecule has 0 saturated carbocycles. The molecule has 4 aliphatic rings. The van der Waals surface area contributed by atoms with Gasteiger partial charge in [-0.15, -0.1) is 0 Å². The number of fused-ring (bicyclic) bond motifs is 8. The maximum absolute atomic E-state index is 13.3. The van der Waals surface area contributed by atoms with Crippen molar-refractivity contribution in [3.63, 3.8) is 0 Å². The molecule has 0 bridgehead atoms. The van der Waals surface area contributed by atoms with Gasteiger partial charge in [0.25, 0.3) is 12.4 Å². The van der Waals surface area contributed by atoms with Crippen molar-refractivity contribution < 1.29 is 148 Å². The van der Waals surface area contributed by atoms with E-state index in [1.165, 1.54) is 39.6 Å². The van der Waals surface area contributed by atoms with Gasteiger partial charge >= 0.3 is 103 Å². The van der Waals surface area contributed by atoms with Gasteiger partial charge in [0.05, 0.1) is 49.7 Å². The molecule has 0 spiro atoms. The number of hydrogen-bond acceptors (Lipinski definition) is 11. The van der Waals surface area contributed by atoms with Crippen LogP contribution in [0, 0.1) is 5.92 Å². The number of ether oxygens (including phenoxy) is 3. The Balaban J connectivity index is 0.000000333. The van der Waals surface area contributed by atoms with Crippen molar-refractivity contribution in [2.45, 2.75) is 37.6 Å². The summed E-state index contributed by atoms with van der Waals surface area (Å²) in [6, 6.07) is 22.7. The van der Waals surface area contributed by atoms with E-state index in [1.54, 1.807) is 19.2 Å². The van der Waals surface area contributed by atoms with Crippen LogP contribution >= 0.6 is 67.8 Å². The zero-order valence-electron chi connectivity index (χ0n) is 34.2. The van der Waals surface area contributed by atoms with Crippen LogP contribution in [0.25, 0.3) is 0 Å². The number of ketones is 1. The van der Waals surface area contributed by atoms with Crippen LogP contribution in [0.2, 0.25) is 0 Å². The number of phenolic OH excluding ortho intramolecular Hbond substituents is 1. The Bertz CT molecular complexity index is 2130. The molecule has 4 aromatic rings. The Morgan fingerprint density at radius 2 is 1.42 bits per heavy atom. The summed E-state index contributed by atoms with van der Waals surface area (Å²) >= 11 is 7.09. The summed E-state index contributed by atoms with van der Waals surface area (Å²) < 4.78 is 20.1. The van der Waals surface area contributed by atoms with Crippen LogP contribution in [-0.2, 0) is 22.5 Å². The third-order valence-corrected chi connectivity index (χ3v) is 11.8. The summed E-state index contributed by atoms with van der Waals surface area (Å²) in [6.07, 6.45) is 7.64. The smallest absolute Gasteiger partial charge is 1.00 e. The summed E-state index contributed by atoms with van der Waals surface area (Å²) in [4.78, 5) is 48.4. The topological polar surface area (TPSA) is 159 Å². The molecule has 1 N–H and O–H groups in total. The van der Waals surface area contributed by atoms with E-state index in [1.807, 2.05) is 59.8 Å². The summed E-state index contributed by atoms with van der Waals surface area (Å²) in [5, 5.41) is 18.3. The molecule has 1 amide bonds. The molecule has 1 unspecified atom stereocenters. The summed E-state index contributed by atoms with van der Waals surface area (Å²) in [7, 11) is 3.06. The molecule has 17 heteroatoms. The Labute approximate surface area is 471 Å². The fourth-order valence-corrected chi connectivity index (χ4v) is 9.48. The minimum absolute atomic E-state index is 0. The molecule has 3 atom stereocenters. The number of anilines is 1. The van der Waals surface area contributed by atoms with Gasteiger partial charge in [-0.2, -0.15) is 0 Å². The molecule has 12 nitrogen and oxygen atoms in total. The van der Waals surface area contributed by atoms with Gasteiger partial charge in [-0.05, 0) is 54.2 Å². The minimum atomic E-state index is -0.199. The van der Waals surface area contributed by atoms with Crippen molar-refractivity contribution in [1.29, 1.82) is 0 Å². The third-order valence-electron chi connectivity index (χ3n) is 9.49. The van der Waals surface area contributed by atoms with Crippen molar-refractivity contribution in [3.8, 4) is 23.0 Å². The van der Waals surface area contributed by atoms with Crippen LogP contribution in [0.1, 0.15) is 57.6 Å². The number of aromatic hydroxyl groups is 1. The molecular weight excluding hydrogens is 1150 g/mol. The number of hydrogen-bond donors (Lipinski definition) is 1. The maximum Gasteiger partial charge on any atom is 1.00 e. The summed E-state index contributed by atoms with van der Waals surface area (Å²) in [5.41, 5.74) is 6.63. The van der Waals surface area contributed by atoms with Gasteiger partial charge in [0.2, 0.25) is 0 Å². The average molecular weight is 1190 g/mol. The van der Waals surface area contributed by atoms with Gasteiger partial charge in [0.15, 0.2) is 28.8 Å². The second kappa shape index (κ2) is 26.9. The molecule has 302 valence electrons. The predicted molar refractivity (Wildman–Crippen MR) is 245 cm³/mol. The summed E-state index contributed by atoms with van der Waals surface area (Å²) in [5.74, 6) is 1.35. The fraction of sp³-hybridized carbons (Fsp3) is 0.310. The number of alkyl halides is 3. The first-order valence-electron chi connectivity index (χ1n) is 18.0. The monoisotopic (exact) mass is 1190 g/mol. The molecule has 1 aliphatic carbocycles. The van der Waals surface area contributed by atoms with Gasteiger partial charge < -0.3 is 30.9 Å². The predicted octanol–water partition coefficient (Wildman–Crippen LogP) is 2.24. The van der Waals surface area contributed by atoms with Gasteiger partial charge in [-0.25, -0.2) is 0 Å². The summed E-state index contributed by atoms with van der Waals surface area (Å²) in [6.45, 7) is 0.428. The van der Waals surface area contributed by atoms with E-state index in [0.717, 1.165) is 34.9 Å². The van der Waals surface area contributed by atoms with E-state index in [-0.39, 0.29) is 146 Å². The van der Waals surface area contributed by atoms with E-state index < -0.39 is 0 Å². The van der Waals surface area contributed by atoms with Crippen LogP contribution < -0.4 is 127 Å². The molecule has 0 radical (unpaired) electrons. The molecule has 0 aromatic heterocycles. The van der Waals surface area contributed by atoms with Crippen LogP contribution in [0.15, 0.2) is 82.8 Å². The number of para-hydroxylation sites is 1. The van der Waals surface area contributed by atoms with Crippen molar-refractivity contribution in [2.75, 3.05) is 39.0 Å². The van der Waals surface area contributed by atoms with Crippen molar-refractivity contribution >= 4 is 115 Å². The van der Waals surface area contributed by atoms with Crippen LogP contribution in [-0.4, -0.2) is 75.8 Å². The van der Waals surface area contributed by atoms with Crippen molar-refractivity contribution in [2.24, 2.45) is 15.9 Å². The number of rotatable bonds is 9. The van der Waals surface area contributed by atoms with Crippen molar-refractivity contribution in [3.05, 3.63) is 101 Å². The largest absolute Gasteiger partial charge is 1.00 e. The van der Waals surface area contributed by atoms with E-state index >= 15 is 0 Å².